The Hall–Kier alpha value is -1.25. The predicted octanol–water partition coefficient (Wildman–Crippen LogP) is 3.22. The van der Waals surface area contributed by atoms with Crippen molar-refractivity contribution in [2.75, 3.05) is 0 Å². The normalized spacial score (nSPS) is 16.1. The van der Waals surface area contributed by atoms with Gasteiger partial charge in [-0.2, -0.15) is 6.07 Å². The van der Waals surface area contributed by atoms with Crippen LogP contribution in [0.5, 0.6) is 0 Å². The second-order valence-corrected chi connectivity index (χ2v) is 14.9. The number of unbranched alkanes of at least 4 members (excludes halogenated alkanes) is 2. The fourth-order valence-corrected chi connectivity index (χ4v) is 10.4. The molecule has 3 heterocycles. The molecule has 2 bridgehead atoms. The quantitative estimate of drug-likeness (QED) is 0.192. The average molecular weight is 614 g/mol. The van der Waals surface area contributed by atoms with Gasteiger partial charge < -0.3 is 29.2 Å². The maximum atomic E-state index is 5.53. The van der Waals surface area contributed by atoms with E-state index in [1.54, 1.807) is 10.8 Å². The standard InChI is InChI=1S/C21H23.C10H12OSi.2ClH.Zr/c1-3-4-5-7-17-10-12-18(13-11-17)20-9-6-8-19-14-16(2)15-21(19)20;1-6-9-7-4-5-11-8(7)10(6)12(9,2)3;;;/h6,8-15H,3-5,7H2,1-2H3;4-5,10H,1-3H3;2*1H;/q-1;;;;+3/p-2. The summed E-state index contributed by atoms with van der Waals surface area (Å²) in [7, 11) is -1.08. The van der Waals surface area contributed by atoms with E-state index in [-0.39, 0.29) is 51.0 Å². The van der Waals surface area contributed by atoms with Gasteiger partial charge in [0.15, 0.2) is 0 Å². The number of halogens is 2. The first-order valence-electron chi connectivity index (χ1n) is 12.5. The molecule has 0 saturated carbocycles. The molecular formula is C31H35Cl2OSiZr. The van der Waals surface area contributed by atoms with Crippen LogP contribution in [0.25, 0.3) is 27.1 Å². The third kappa shape index (κ3) is 5.46. The van der Waals surface area contributed by atoms with Crippen LogP contribution in [0, 0.1) is 6.92 Å². The van der Waals surface area contributed by atoms with E-state index in [1.165, 1.54) is 70.0 Å². The van der Waals surface area contributed by atoms with E-state index < -0.39 is 8.07 Å². The van der Waals surface area contributed by atoms with Crippen molar-refractivity contribution in [1.82, 2.24) is 0 Å². The van der Waals surface area contributed by atoms with Crippen molar-refractivity contribution < 1.29 is 55.4 Å². The van der Waals surface area contributed by atoms with Crippen LogP contribution >= 0.6 is 0 Å². The summed E-state index contributed by atoms with van der Waals surface area (Å²) in [5.74, 6) is 1.26. The van der Waals surface area contributed by atoms with Gasteiger partial charge in [0, 0.05) is 11.1 Å². The smallest absolute Gasteiger partial charge is 1.00 e. The van der Waals surface area contributed by atoms with E-state index >= 15 is 0 Å². The van der Waals surface area contributed by atoms with Gasteiger partial charge in [-0.05, 0) is 42.2 Å². The summed E-state index contributed by atoms with van der Waals surface area (Å²) in [6.07, 6.45) is 6.94. The Balaban J connectivity index is 0.000000261. The number of furan rings is 1. The summed E-state index contributed by atoms with van der Waals surface area (Å²) in [6.45, 7) is 11.6. The van der Waals surface area contributed by atoms with Crippen molar-refractivity contribution in [2.24, 2.45) is 0 Å². The Morgan fingerprint density at radius 3 is 2.28 bits per heavy atom. The van der Waals surface area contributed by atoms with E-state index in [9.17, 15) is 0 Å². The minimum absolute atomic E-state index is 0. The van der Waals surface area contributed by atoms with Crippen molar-refractivity contribution in [3.63, 3.8) is 0 Å². The van der Waals surface area contributed by atoms with Gasteiger partial charge in [0.05, 0.1) is 14.3 Å². The zero-order valence-corrected chi connectivity index (χ0v) is 26.9. The maximum Gasteiger partial charge on any atom is 3.00 e. The molecule has 2 aliphatic heterocycles. The molecule has 4 aromatic rings. The number of hydrogen-bond acceptors (Lipinski definition) is 1. The van der Waals surface area contributed by atoms with Crippen LogP contribution in [0.1, 0.15) is 61.1 Å². The molecular weight excluding hydrogens is 579 g/mol. The molecule has 0 spiro atoms. The predicted molar refractivity (Wildman–Crippen MR) is 144 cm³/mol. The van der Waals surface area contributed by atoms with Crippen LogP contribution in [0.2, 0.25) is 13.1 Å². The Kier molecular flexibility index (Phi) is 10.8. The number of rotatable bonds is 5. The summed E-state index contributed by atoms with van der Waals surface area (Å²) >= 11 is 0. The molecule has 1 unspecified atom stereocenters. The van der Waals surface area contributed by atoms with E-state index in [1.807, 2.05) is 6.26 Å². The monoisotopic (exact) mass is 611 g/mol. The molecule has 0 amide bonds. The molecule has 7 rings (SSSR count). The van der Waals surface area contributed by atoms with Crippen LogP contribution in [0.4, 0.5) is 0 Å². The molecule has 5 heteroatoms. The molecule has 36 heavy (non-hydrogen) atoms. The molecule has 1 atom stereocenters. The summed E-state index contributed by atoms with van der Waals surface area (Å²) in [5, 5.41) is 4.38. The van der Waals surface area contributed by atoms with Crippen molar-refractivity contribution in [2.45, 2.75) is 65.1 Å². The van der Waals surface area contributed by atoms with Gasteiger partial charge >= 0.3 is 26.2 Å². The molecule has 1 aliphatic carbocycles. The van der Waals surface area contributed by atoms with E-state index in [2.05, 4.69) is 94.5 Å². The number of allylic oxidation sites excluding steroid dienone is 1. The summed E-state index contributed by atoms with van der Waals surface area (Å²) in [6, 6.07) is 22.4. The van der Waals surface area contributed by atoms with E-state index in [4.69, 9.17) is 4.42 Å². The Morgan fingerprint density at radius 2 is 1.64 bits per heavy atom. The summed E-state index contributed by atoms with van der Waals surface area (Å²) < 4.78 is 5.53. The van der Waals surface area contributed by atoms with Gasteiger partial charge in [0.2, 0.25) is 0 Å². The second kappa shape index (κ2) is 12.5. The van der Waals surface area contributed by atoms with Gasteiger partial charge in [-0.1, -0.05) is 81.3 Å². The number of fused-ring (bicyclic) bond motifs is 1. The molecule has 0 saturated heterocycles. The number of benzene rings is 2. The molecule has 1 radical (unpaired) electrons. The van der Waals surface area contributed by atoms with Crippen molar-refractivity contribution >= 4 is 24.0 Å². The SMILES string of the molecule is CC1=C2c3ccoc3C1[Si]2(C)C.CCCCCc1ccc(-c2cccc3[cH-]c(C)cc23)cc1.[Cl-].[Cl-].[Zr+3]. The van der Waals surface area contributed by atoms with Crippen LogP contribution in [-0.4, -0.2) is 8.07 Å². The fraction of sp³-hybridized carbons (Fsp3) is 0.323. The largest absolute Gasteiger partial charge is 3.00 e. The molecule has 1 nitrogen and oxygen atoms in total. The van der Waals surface area contributed by atoms with Gasteiger partial charge in [-0.15, -0.1) is 34.5 Å². The maximum absolute atomic E-state index is 5.53. The third-order valence-electron chi connectivity index (χ3n) is 7.65. The van der Waals surface area contributed by atoms with Crippen molar-refractivity contribution in [3.05, 3.63) is 95.0 Å². The van der Waals surface area contributed by atoms with Gasteiger partial charge in [0.1, 0.15) is 5.76 Å². The molecule has 3 aromatic carbocycles. The van der Waals surface area contributed by atoms with Gasteiger partial charge in [-0.3, -0.25) is 0 Å². The third-order valence-corrected chi connectivity index (χ3v) is 11.7. The molecule has 1 aromatic heterocycles. The van der Waals surface area contributed by atoms with Crippen LogP contribution < -0.4 is 24.8 Å². The fourth-order valence-electron chi connectivity index (χ4n) is 6.16. The first kappa shape index (κ1) is 31.0. The Morgan fingerprint density at radius 1 is 0.917 bits per heavy atom. The average Bonchev–Trinajstić information content (AvgIpc) is 3.51. The van der Waals surface area contributed by atoms with Gasteiger partial charge in [0.25, 0.3) is 0 Å². The zero-order valence-electron chi connectivity index (χ0n) is 21.9. The van der Waals surface area contributed by atoms with Gasteiger partial charge in [-0.25, -0.2) is 0 Å². The van der Waals surface area contributed by atoms with Crippen LogP contribution in [-0.2, 0) is 32.6 Å². The van der Waals surface area contributed by atoms with E-state index in [0.717, 1.165) is 0 Å². The molecule has 0 fully saturated rings. The minimum atomic E-state index is -1.08. The van der Waals surface area contributed by atoms with Crippen LogP contribution in [0.3, 0.4) is 0 Å². The topological polar surface area (TPSA) is 13.1 Å². The van der Waals surface area contributed by atoms with Crippen LogP contribution in [0.15, 0.2) is 76.9 Å². The summed E-state index contributed by atoms with van der Waals surface area (Å²) in [4.78, 5) is 0. The number of hydrogen-bond donors (Lipinski definition) is 0. The van der Waals surface area contributed by atoms with Crippen molar-refractivity contribution in [1.29, 1.82) is 0 Å². The first-order valence-corrected chi connectivity index (χ1v) is 15.5. The Bertz CT molecular complexity index is 1330. The minimum Gasteiger partial charge on any atom is -1.00 e. The molecule has 187 valence electrons. The second-order valence-electron chi connectivity index (χ2n) is 10.4. The molecule has 0 N–H and O–H groups in total. The zero-order chi connectivity index (χ0) is 23.2. The molecule has 3 aliphatic rings. The van der Waals surface area contributed by atoms with Crippen molar-refractivity contribution in [3.8, 4) is 11.1 Å². The van der Waals surface area contributed by atoms with E-state index in [0.29, 0.717) is 5.54 Å². The Labute approximate surface area is 249 Å². The first-order chi connectivity index (χ1) is 15.9. The number of aryl methyl sites for hydroxylation is 2. The summed E-state index contributed by atoms with van der Waals surface area (Å²) in [5.41, 5.74) is 9.19.